The summed E-state index contributed by atoms with van der Waals surface area (Å²) in [7, 11) is 1.00. The number of rotatable bonds is 2. The van der Waals surface area contributed by atoms with Crippen LogP contribution in [0.15, 0.2) is 10.4 Å². The van der Waals surface area contributed by atoms with Crippen LogP contribution in [-0.2, 0) is 9.05 Å². The van der Waals surface area contributed by atoms with Gasteiger partial charge in [0.15, 0.2) is 10.4 Å². The second-order valence-electron chi connectivity index (χ2n) is 1.66. The lowest BCUT2D eigenvalue weighted by Gasteiger charge is -1.83. The first kappa shape index (κ1) is 9.36. The topological polar surface area (TPSA) is 90.2 Å². The minimum atomic E-state index is -3.89. The van der Waals surface area contributed by atoms with Gasteiger partial charge in [-0.1, -0.05) is 0 Å². The summed E-state index contributed by atoms with van der Waals surface area (Å²) in [6.07, 6.45) is 0.852. The minimum Gasteiger partial charge on any atom is -0.357 e. The molecule has 1 heterocycles. The number of thiazole rings is 1. The van der Waals surface area contributed by atoms with Crippen molar-refractivity contribution in [3.05, 3.63) is 16.3 Å². The first-order chi connectivity index (χ1) is 5.41. The normalized spacial score (nSPS) is 11.4. The summed E-state index contributed by atoms with van der Waals surface area (Å²) in [5.41, 5.74) is 0. The quantitative estimate of drug-likeness (QED) is 0.428. The van der Waals surface area contributed by atoms with E-state index in [4.69, 9.17) is 10.7 Å². The molecule has 6 nitrogen and oxygen atoms in total. The molecule has 0 N–H and O–H groups in total. The van der Waals surface area contributed by atoms with Crippen LogP contribution in [0.1, 0.15) is 0 Å². The fraction of sp³-hybridized carbons (Fsp3) is 0. The first-order valence-corrected chi connectivity index (χ1v) is 5.59. The van der Waals surface area contributed by atoms with Crippen LogP contribution in [0.4, 0.5) is 5.13 Å². The molecule has 0 aromatic carbocycles. The van der Waals surface area contributed by atoms with Gasteiger partial charge in [0.1, 0.15) is 0 Å². The van der Waals surface area contributed by atoms with E-state index in [9.17, 15) is 18.5 Å². The Morgan fingerprint density at radius 1 is 1.67 bits per heavy atom. The monoisotopic (exact) mass is 228 g/mol. The Bertz CT molecular complexity index is 410. The van der Waals surface area contributed by atoms with E-state index in [0.29, 0.717) is 11.3 Å². The Labute approximate surface area is 75.4 Å². The summed E-state index contributed by atoms with van der Waals surface area (Å²) >= 11 is 0.418. The summed E-state index contributed by atoms with van der Waals surface area (Å²) in [4.78, 5) is 12.5. The third kappa shape index (κ3) is 1.90. The molecule has 0 aliphatic carbocycles. The molecule has 1 aromatic rings. The smallest absolute Gasteiger partial charge is 0.357 e. The van der Waals surface area contributed by atoms with E-state index in [0.717, 1.165) is 6.20 Å². The average molecular weight is 229 g/mol. The van der Waals surface area contributed by atoms with Gasteiger partial charge in [0.2, 0.25) is 0 Å². The molecule has 0 atom stereocenters. The van der Waals surface area contributed by atoms with Crippen molar-refractivity contribution in [3.8, 4) is 0 Å². The molecule has 0 aliphatic heterocycles. The number of nitrogens with zero attached hydrogens (tertiary/aromatic N) is 2. The van der Waals surface area contributed by atoms with Crippen LogP contribution in [0.3, 0.4) is 0 Å². The van der Waals surface area contributed by atoms with Crippen molar-refractivity contribution >= 4 is 36.2 Å². The lowest BCUT2D eigenvalue weighted by molar-refractivity contribution is -0.384. The van der Waals surface area contributed by atoms with Crippen molar-refractivity contribution in [1.82, 2.24) is 4.98 Å². The maximum absolute atomic E-state index is 10.6. The predicted octanol–water partition coefficient (Wildman–Crippen LogP) is 0.979. The van der Waals surface area contributed by atoms with Crippen molar-refractivity contribution < 1.29 is 13.3 Å². The van der Waals surface area contributed by atoms with E-state index >= 15 is 0 Å². The number of nitro groups is 1. The molecule has 1 rings (SSSR count). The maximum Gasteiger partial charge on any atom is 0.424 e. The zero-order valence-corrected chi connectivity index (χ0v) is 7.69. The van der Waals surface area contributed by atoms with E-state index in [1.54, 1.807) is 0 Å². The summed E-state index contributed by atoms with van der Waals surface area (Å²) in [6.45, 7) is 0. The highest BCUT2D eigenvalue weighted by Gasteiger charge is 2.21. The fourth-order valence-electron chi connectivity index (χ4n) is 0.448. The molecule has 0 radical (unpaired) electrons. The van der Waals surface area contributed by atoms with E-state index < -0.39 is 19.1 Å². The largest absolute Gasteiger partial charge is 0.424 e. The van der Waals surface area contributed by atoms with Gasteiger partial charge in [-0.3, -0.25) is 0 Å². The van der Waals surface area contributed by atoms with Gasteiger partial charge in [0.25, 0.3) is 9.05 Å². The lowest BCUT2D eigenvalue weighted by Crippen LogP contribution is -1.84. The molecule has 0 saturated carbocycles. The van der Waals surface area contributed by atoms with Gasteiger partial charge in [-0.05, 0) is 21.2 Å². The molecule has 1 aromatic heterocycles. The zero-order valence-electron chi connectivity index (χ0n) is 5.30. The molecule has 0 spiro atoms. The Kier molecular flexibility index (Phi) is 2.31. The Morgan fingerprint density at radius 3 is 2.50 bits per heavy atom. The number of hydrogen-bond donors (Lipinski definition) is 0. The highest BCUT2D eigenvalue weighted by molar-refractivity contribution is 8.15. The third-order valence-corrected chi connectivity index (χ3v) is 3.88. The molecule has 0 aliphatic rings. The Balaban J connectivity index is 3.17. The van der Waals surface area contributed by atoms with Crippen LogP contribution in [0.25, 0.3) is 0 Å². The van der Waals surface area contributed by atoms with Gasteiger partial charge in [-0.15, -0.1) is 0 Å². The molecule has 0 unspecified atom stereocenters. The van der Waals surface area contributed by atoms with Crippen molar-refractivity contribution in [2.45, 2.75) is 4.21 Å². The minimum absolute atomic E-state index is 0.323. The van der Waals surface area contributed by atoms with E-state index in [-0.39, 0.29) is 4.21 Å². The van der Waals surface area contributed by atoms with Gasteiger partial charge in [-0.25, -0.2) is 8.42 Å². The summed E-state index contributed by atoms with van der Waals surface area (Å²) in [6, 6.07) is 0. The Hall–Kier alpha value is -0.730. The summed E-state index contributed by atoms with van der Waals surface area (Å²) in [5.74, 6) is 0. The molecular formula is C3HClN2O4S2. The van der Waals surface area contributed by atoms with Crippen molar-refractivity contribution in [3.63, 3.8) is 0 Å². The van der Waals surface area contributed by atoms with Crippen LogP contribution in [-0.4, -0.2) is 18.3 Å². The molecule has 12 heavy (non-hydrogen) atoms. The lowest BCUT2D eigenvalue weighted by atomic mass is 11.0. The third-order valence-electron chi connectivity index (χ3n) is 0.869. The van der Waals surface area contributed by atoms with E-state index in [2.05, 4.69) is 4.98 Å². The van der Waals surface area contributed by atoms with Gasteiger partial charge in [0.05, 0.1) is 0 Å². The SMILES string of the molecule is O=[N+]([O-])c1ncc(S(=O)(=O)Cl)s1. The van der Waals surface area contributed by atoms with E-state index in [1.165, 1.54) is 0 Å². The number of aromatic nitrogens is 1. The maximum atomic E-state index is 10.6. The molecular weight excluding hydrogens is 228 g/mol. The molecule has 0 amide bonds. The molecule has 66 valence electrons. The van der Waals surface area contributed by atoms with Crippen molar-refractivity contribution in [1.29, 1.82) is 0 Å². The van der Waals surface area contributed by atoms with Crippen LogP contribution in [0.2, 0.25) is 0 Å². The molecule has 9 heteroatoms. The second-order valence-corrected chi connectivity index (χ2v) is 5.46. The van der Waals surface area contributed by atoms with Crippen LogP contribution in [0, 0.1) is 10.1 Å². The average Bonchev–Trinajstić information content (AvgIpc) is 2.30. The molecule has 0 saturated heterocycles. The summed E-state index contributed by atoms with van der Waals surface area (Å²) in [5, 5.41) is 9.57. The van der Waals surface area contributed by atoms with Gasteiger partial charge >= 0.3 is 5.13 Å². The number of hydrogen-bond acceptors (Lipinski definition) is 6. The predicted molar refractivity (Wildman–Crippen MR) is 41.8 cm³/mol. The first-order valence-electron chi connectivity index (χ1n) is 2.46. The standard InChI is InChI=1S/C3HClN2O4S2/c4-12(9,10)2-1-5-3(11-2)6(7)8/h1H. The van der Waals surface area contributed by atoms with Crippen molar-refractivity contribution in [2.75, 3.05) is 0 Å². The van der Waals surface area contributed by atoms with E-state index in [1.807, 2.05) is 0 Å². The molecule has 0 bridgehead atoms. The summed E-state index contributed by atoms with van der Waals surface area (Å²) < 4.78 is 20.8. The number of halogens is 1. The van der Waals surface area contributed by atoms with Crippen molar-refractivity contribution in [2.24, 2.45) is 0 Å². The van der Waals surface area contributed by atoms with Crippen LogP contribution >= 0.6 is 22.0 Å². The molecule has 0 fully saturated rings. The Morgan fingerprint density at radius 2 is 2.25 bits per heavy atom. The van der Waals surface area contributed by atoms with Gasteiger partial charge in [0, 0.05) is 10.7 Å². The highest BCUT2D eigenvalue weighted by Crippen LogP contribution is 2.26. The van der Waals surface area contributed by atoms with Crippen LogP contribution in [0.5, 0.6) is 0 Å². The van der Waals surface area contributed by atoms with Gasteiger partial charge in [-0.2, -0.15) is 0 Å². The van der Waals surface area contributed by atoms with Gasteiger partial charge < -0.3 is 10.1 Å². The highest BCUT2D eigenvalue weighted by atomic mass is 35.7. The zero-order chi connectivity index (χ0) is 9.35. The fourth-order valence-corrected chi connectivity index (χ4v) is 2.12. The second kappa shape index (κ2) is 2.96. The van der Waals surface area contributed by atoms with Crippen LogP contribution < -0.4 is 0 Å².